The molecule has 2 N–H and O–H groups in total. The van der Waals surface area contributed by atoms with E-state index in [1.165, 1.54) is 12.0 Å². The molecule has 0 aromatic heterocycles. The molecule has 12 heavy (non-hydrogen) atoms. The number of hydrogen-bond donors (Lipinski definition) is 2. The van der Waals surface area contributed by atoms with Crippen molar-refractivity contribution in [2.24, 2.45) is 0 Å². The molecule has 0 saturated carbocycles. The summed E-state index contributed by atoms with van der Waals surface area (Å²) in [7, 11) is 0. The third kappa shape index (κ3) is 1.86. The maximum atomic E-state index is 4.59. The maximum absolute atomic E-state index is 4.59. The second-order valence-electron chi connectivity index (χ2n) is 3.36. The Kier molecular flexibility index (Phi) is 2.76. The zero-order chi connectivity index (χ0) is 8.23. The van der Waals surface area contributed by atoms with Gasteiger partial charge in [0, 0.05) is 26.2 Å². The molecule has 0 amide bonds. The van der Waals surface area contributed by atoms with E-state index in [1.807, 2.05) is 0 Å². The third-order valence-electron chi connectivity index (χ3n) is 2.50. The summed E-state index contributed by atoms with van der Waals surface area (Å²) >= 11 is 0. The molecule has 2 aliphatic heterocycles. The van der Waals surface area contributed by atoms with E-state index in [1.54, 1.807) is 0 Å². The highest BCUT2D eigenvalue weighted by Crippen LogP contribution is 2.11. The molecule has 1 radical (unpaired) electrons. The number of nitrogens with one attached hydrogen (secondary N) is 2. The van der Waals surface area contributed by atoms with Crippen molar-refractivity contribution in [2.45, 2.75) is 12.5 Å². The number of piperazine rings is 1. The van der Waals surface area contributed by atoms with Crippen LogP contribution in [0.3, 0.4) is 0 Å². The van der Waals surface area contributed by atoms with Crippen molar-refractivity contribution in [3.63, 3.8) is 0 Å². The minimum absolute atomic E-state index is 0.473. The minimum Gasteiger partial charge on any atom is -0.313 e. The summed E-state index contributed by atoms with van der Waals surface area (Å²) in [6.07, 6.45) is 3.47. The van der Waals surface area contributed by atoms with Crippen molar-refractivity contribution in [2.75, 3.05) is 32.7 Å². The van der Waals surface area contributed by atoms with Crippen LogP contribution in [0.25, 0.3) is 0 Å². The fourth-order valence-corrected chi connectivity index (χ4v) is 1.79. The van der Waals surface area contributed by atoms with Gasteiger partial charge in [0.15, 0.2) is 0 Å². The van der Waals surface area contributed by atoms with E-state index in [0.717, 1.165) is 32.7 Å². The monoisotopic (exact) mass is 166 g/mol. The Labute approximate surface area is 73.6 Å². The molecule has 0 spiro atoms. The van der Waals surface area contributed by atoms with Gasteiger partial charge in [-0.2, -0.15) is 0 Å². The lowest BCUT2D eigenvalue weighted by molar-refractivity contribution is 0.434. The third-order valence-corrected chi connectivity index (χ3v) is 2.50. The topological polar surface area (TPSA) is 38.2 Å². The van der Waals surface area contributed by atoms with Crippen LogP contribution < -0.4 is 16.0 Å². The molecule has 0 aliphatic carbocycles. The van der Waals surface area contributed by atoms with Crippen molar-refractivity contribution in [3.8, 4) is 0 Å². The average molecular weight is 166 g/mol. The van der Waals surface area contributed by atoms with Crippen LogP contribution in [0.1, 0.15) is 6.42 Å². The normalized spacial score (nSPS) is 31.3. The Hall–Kier alpha value is -0.380. The Morgan fingerprint density at radius 1 is 1.33 bits per heavy atom. The Morgan fingerprint density at radius 2 is 2.33 bits per heavy atom. The van der Waals surface area contributed by atoms with E-state index in [4.69, 9.17) is 0 Å². The lowest BCUT2D eigenvalue weighted by atomic mass is 10.00. The van der Waals surface area contributed by atoms with Gasteiger partial charge in [-0.1, -0.05) is 11.6 Å². The molecular formula is C9H16N3. The van der Waals surface area contributed by atoms with Gasteiger partial charge in [-0.15, -0.1) is 0 Å². The highest BCUT2D eigenvalue weighted by Gasteiger charge is 2.18. The van der Waals surface area contributed by atoms with E-state index in [9.17, 15) is 0 Å². The fourth-order valence-electron chi connectivity index (χ4n) is 1.79. The van der Waals surface area contributed by atoms with Crippen LogP contribution in [-0.2, 0) is 0 Å². The number of rotatable bonds is 1. The van der Waals surface area contributed by atoms with Crippen molar-refractivity contribution in [1.82, 2.24) is 16.0 Å². The van der Waals surface area contributed by atoms with Crippen molar-refractivity contribution in [3.05, 3.63) is 11.6 Å². The minimum atomic E-state index is 0.473. The molecule has 1 unspecified atom stereocenters. The first-order chi connectivity index (χ1) is 5.97. The molecule has 3 heteroatoms. The van der Waals surface area contributed by atoms with E-state index in [0.29, 0.717) is 6.04 Å². The van der Waals surface area contributed by atoms with Gasteiger partial charge < -0.3 is 10.6 Å². The summed E-state index contributed by atoms with van der Waals surface area (Å²) in [4.78, 5) is 0. The first kappa shape index (κ1) is 8.23. The molecule has 0 aromatic rings. The second kappa shape index (κ2) is 4.03. The van der Waals surface area contributed by atoms with Gasteiger partial charge in [0.1, 0.15) is 0 Å². The molecule has 3 nitrogen and oxygen atoms in total. The largest absolute Gasteiger partial charge is 0.313 e. The van der Waals surface area contributed by atoms with E-state index in [2.05, 4.69) is 22.0 Å². The maximum Gasteiger partial charge on any atom is 0.0581 e. The summed E-state index contributed by atoms with van der Waals surface area (Å²) in [6, 6.07) is 0.473. The summed E-state index contributed by atoms with van der Waals surface area (Å²) < 4.78 is 0. The second-order valence-corrected chi connectivity index (χ2v) is 3.36. The van der Waals surface area contributed by atoms with E-state index < -0.39 is 0 Å². The van der Waals surface area contributed by atoms with Gasteiger partial charge in [-0.25, -0.2) is 5.32 Å². The van der Waals surface area contributed by atoms with Crippen molar-refractivity contribution >= 4 is 0 Å². The average Bonchev–Trinajstić information content (AvgIpc) is 2.21. The van der Waals surface area contributed by atoms with Gasteiger partial charge in [-0.3, -0.25) is 0 Å². The van der Waals surface area contributed by atoms with Gasteiger partial charge in [0.05, 0.1) is 6.04 Å². The zero-order valence-corrected chi connectivity index (χ0v) is 7.34. The van der Waals surface area contributed by atoms with Crippen LogP contribution in [0, 0.1) is 0 Å². The van der Waals surface area contributed by atoms with Crippen LogP contribution >= 0.6 is 0 Å². The molecule has 67 valence electrons. The molecule has 1 fully saturated rings. The van der Waals surface area contributed by atoms with Gasteiger partial charge in [0.25, 0.3) is 0 Å². The predicted octanol–water partition coefficient (Wildman–Crippen LogP) is -0.518. The van der Waals surface area contributed by atoms with E-state index >= 15 is 0 Å². The van der Waals surface area contributed by atoms with Crippen LogP contribution in [-0.4, -0.2) is 38.8 Å². The van der Waals surface area contributed by atoms with Crippen molar-refractivity contribution < 1.29 is 0 Å². The lowest BCUT2D eigenvalue weighted by Crippen LogP contribution is -2.46. The summed E-state index contributed by atoms with van der Waals surface area (Å²) in [5.74, 6) is 0. The lowest BCUT2D eigenvalue weighted by Gasteiger charge is -2.27. The molecular weight excluding hydrogens is 150 g/mol. The molecule has 1 saturated heterocycles. The molecule has 2 rings (SSSR count). The van der Waals surface area contributed by atoms with Gasteiger partial charge >= 0.3 is 0 Å². The highest BCUT2D eigenvalue weighted by molar-refractivity contribution is 5.15. The Bertz CT molecular complexity index is 171. The van der Waals surface area contributed by atoms with Gasteiger partial charge in [-0.05, 0) is 13.0 Å². The van der Waals surface area contributed by atoms with E-state index in [-0.39, 0.29) is 0 Å². The summed E-state index contributed by atoms with van der Waals surface area (Å²) in [6.45, 7) is 5.24. The molecule has 1 atom stereocenters. The predicted molar refractivity (Wildman–Crippen MR) is 49.2 cm³/mol. The first-order valence-corrected chi connectivity index (χ1v) is 4.74. The molecule has 2 aliphatic rings. The molecule has 0 bridgehead atoms. The molecule has 0 aromatic carbocycles. The Balaban J connectivity index is 1.92. The fraction of sp³-hybridized carbons (Fsp3) is 0.778. The van der Waals surface area contributed by atoms with Crippen LogP contribution in [0.4, 0.5) is 0 Å². The quantitative estimate of drug-likeness (QED) is 0.515. The SMILES string of the molecule is C1=C(C2CNCC[N]2)CCNC1. The van der Waals surface area contributed by atoms with Crippen LogP contribution in [0.2, 0.25) is 0 Å². The highest BCUT2D eigenvalue weighted by atomic mass is 15.1. The van der Waals surface area contributed by atoms with Crippen LogP contribution in [0.5, 0.6) is 0 Å². The zero-order valence-electron chi connectivity index (χ0n) is 7.34. The van der Waals surface area contributed by atoms with Gasteiger partial charge in [0.2, 0.25) is 0 Å². The number of nitrogens with zero attached hydrogens (tertiary/aromatic N) is 1. The van der Waals surface area contributed by atoms with Crippen LogP contribution in [0.15, 0.2) is 11.6 Å². The first-order valence-electron chi connectivity index (χ1n) is 4.74. The van der Waals surface area contributed by atoms with Crippen molar-refractivity contribution in [1.29, 1.82) is 0 Å². The Morgan fingerprint density at radius 3 is 3.00 bits per heavy atom. The number of hydrogen-bond acceptors (Lipinski definition) is 2. The molecule has 2 heterocycles. The summed E-state index contributed by atoms with van der Waals surface area (Å²) in [5.41, 5.74) is 1.53. The summed E-state index contributed by atoms with van der Waals surface area (Å²) in [5, 5.41) is 11.3. The smallest absolute Gasteiger partial charge is 0.0581 e. The standard InChI is InChI=1S/C9H16N3/c1-3-10-4-2-8(1)9-7-11-5-6-12-9/h1,9-11H,2-7H2.